The van der Waals surface area contributed by atoms with Crippen molar-refractivity contribution in [2.24, 2.45) is 0 Å². The van der Waals surface area contributed by atoms with E-state index in [0.29, 0.717) is 24.8 Å². The van der Waals surface area contributed by atoms with Crippen molar-refractivity contribution in [2.75, 3.05) is 13.2 Å². The quantitative estimate of drug-likeness (QED) is 0.758. The van der Waals surface area contributed by atoms with E-state index in [1.807, 2.05) is 0 Å². The first-order valence-corrected chi connectivity index (χ1v) is 6.23. The lowest BCUT2D eigenvalue weighted by atomic mass is 10.2. The van der Waals surface area contributed by atoms with Crippen LogP contribution in [0.2, 0.25) is 5.02 Å². The second-order valence-electron chi connectivity index (χ2n) is 4.23. The first-order chi connectivity index (χ1) is 8.11. The van der Waals surface area contributed by atoms with Crippen LogP contribution in [0.4, 0.5) is 4.39 Å². The molecule has 2 nitrogen and oxygen atoms in total. The molecule has 0 unspecified atom stereocenters. The Balaban J connectivity index is 2.20. The molecule has 17 heavy (non-hydrogen) atoms. The maximum atomic E-state index is 13.1. The van der Waals surface area contributed by atoms with Gasteiger partial charge in [0.25, 0.3) is 0 Å². The Morgan fingerprint density at radius 2 is 2.18 bits per heavy atom. The van der Waals surface area contributed by atoms with Crippen LogP contribution in [0, 0.1) is 5.82 Å². The van der Waals surface area contributed by atoms with Gasteiger partial charge in [-0.3, -0.25) is 0 Å². The molecule has 0 spiro atoms. The first-order valence-electron chi connectivity index (χ1n) is 5.85. The largest absolute Gasteiger partial charge is 0.377 e. The molecule has 0 bridgehead atoms. The average molecular weight is 260 g/mol. The van der Waals surface area contributed by atoms with Gasteiger partial charge in [0.05, 0.1) is 11.6 Å². The van der Waals surface area contributed by atoms with Gasteiger partial charge in [0.2, 0.25) is 0 Å². The fourth-order valence-electron chi connectivity index (χ4n) is 1.41. The van der Waals surface area contributed by atoms with E-state index in [1.54, 1.807) is 12.1 Å². The van der Waals surface area contributed by atoms with E-state index in [2.05, 4.69) is 19.2 Å². The van der Waals surface area contributed by atoms with Gasteiger partial charge in [0.1, 0.15) is 5.82 Å². The second kappa shape index (κ2) is 7.64. The number of rotatable bonds is 7. The van der Waals surface area contributed by atoms with Gasteiger partial charge in [-0.1, -0.05) is 37.6 Å². The highest BCUT2D eigenvalue weighted by Gasteiger charge is 2.05. The van der Waals surface area contributed by atoms with E-state index in [9.17, 15) is 4.39 Å². The Morgan fingerprint density at radius 1 is 1.41 bits per heavy atom. The summed E-state index contributed by atoms with van der Waals surface area (Å²) in [5.74, 6) is -0.394. The first kappa shape index (κ1) is 14.4. The molecule has 0 aliphatic heterocycles. The molecule has 0 atom stereocenters. The third-order valence-electron chi connectivity index (χ3n) is 2.31. The molecular formula is C13H19ClFNO. The third-order valence-corrected chi connectivity index (χ3v) is 2.73. The maximum absolute atomic E-state index is 13.1. The van der Waals surface area contributed by atoms with E-state index in [1.165, 1.54) is 6.07 Å². The lowest BCUT2D eigenvalue weighted by Crippen LogP contribution is -2.24. The lowest BCUT2D eigenvalue weighted by molar-refractivity contribution is 0.118. The highest BCUT2D eigenvalue weighted by molar-refractivity contribution is 6.31. The summed E-state index contributed by atoms with van der Waals surface area (Å²) in [7, 11) is 0. The van der Waals surface area contributed by atoms with Crippen molar-refractivity contribution in [3.63, 3.8) is 0 Å². The summed E-state index contributed by atoms with van der Waals surface area (Å²) < 4.78 is 18.5. The van der Waals surface area contributed by atoms with Gasteiger partial charge in [-0.2, -0.15) is 0 Å². The molecule has 0 amide bonds. The SMILES string of the molecule is CC(C)NCCCOCc1cccc(F)c1Cl. The second-order valence-corrected chi connectivity index (χ2v) is 4.61. The highest BCUT2D eigenvalue weighted by Crippen LogP contribution is 2.20. The number of hydrogen-bond donors (Lipinski definition) is 1. The van der Waals surface area contributed by atoms with Crippen molar-refractivity contribution in [1.29, 1.82) is 0 Å². The molecule has 0 fully saturated rings. The molecular weight excluding hydrogens is 241 g/mol. The van der Waals surface area contributed by atoms with E-state index in [0.717, 1.165) is 13.0 Å². The van der Waals surface area contributed by atoms with Crippen LogP contribution in [0.25, 0.3) is 0 Å². The molecule has 0 aromatic heterocycles. The Morgan fingerprint density at radius 3 is 2.88 bits per heavy atom. The predicted molar refractivity (Wildman–Crippen MR) is 68.8 cm³/mol. The van der Waals surface area contributed by atoms with Crippen molar-refractivity contribution >= 4 is 11.6 Å². The Labute approximate surface area is 107 Å². The molecule has 0 heterocycles. The topological polar surface area (TPSA) is 21.3 Å². The maximum Gasteiger partial charge on any atom is 0.142 e. The highest BCUT2D eigenvalue weighted by atomic mass is 35.5. The summed E-state index contributed by atoms with van der Waals surface area (Å²) >= 11 is 5.81. The van der Waals surface area contributed by atoms with Gasteiger partial charge in [0.15, 0.2) is 0 Å². The smallest absolute Gasteiger partial charge is 0.142 e. The van der Waals surface area contributed by atoms with Crippen LogP contribution in [0.3, 0.4) is 0 Å². The molecule has 96 valence electrons. The normalized spacial score (nSPS) is 11.1. The molecule has 1 aromatic rings. The van der Waals surface area contributed by atoms with E-state index >= 15 is 0 Å². The summed E-state index contributed by atoms with van der Waals surface area (Å²) in [4.78, 5) is 0. The number of halogens is 2. The van der Waals surface area contributed by atoms with Gasteiger partial charge in [-0.05, 0) is 24.6 Å². The predicted octanol–water partition coefficient (Wildman–Crippen LogP) is 3.38. The molecule has 1 aromatic carbocycles. The molecule has 0 aliphatic rings. The summed E-state index contributed by atoms with van der Waals surface area (Å²) in [5.41, 5.74) is 0.698. The number of nitrogens with one attached hydrogen (secondary N) is 1. The molecule has 1 N–H and O–H groups in total. The van der Waals surface area contributed by atoms with Crippen molar-refractivity contribution in [2.45, 2.75) is 32.9 Å². The van der Waals surface area contributed by atoms with Gasteiger partial charge in [-0.15, -0.1) is 0 Å². The standard InChI is InChI=1S/C13H19ClFNO/c1-10(2)16-7-4-8-17-9-11-5-3-6-12(15)13(11)14/h3,5-6,10,16H,4,7-9H2,1-2H3. The van der Waals surface area contributed by atoms with Gasteiger partial charge >= 0.3 is 0 Å². The fraction of sp³-hybridized carbons (Fsp3) is 0.538. The van der Waals surface area contributed by atoms with Crippen LogP contribution in [-0.4, -0.2) is 19.2 Å². The van der Waals surface area contributed by atoms with E-state index < -0.39 is 5.82 Å². The van der Waals surface area contributed by atoms with Crippen molar-refractivity contribution in [3.8, 4) is 0 Å². The zero-order chi connectivity index (χ0) is 12.7. The van der Waals surface area contributed by atoms with Gasteiger partial charge < -0.3 is 10.1 Å². The molecule has 0 saturated heterocycles. The molecule has 0 saturated carbocycles. The number of ether oxygens (including phenoxy) is 1. The molecule has 0 aliphatic carbocycles. The van der Waals surface area contributed by atoms with Crippen LogP contribution in [-0.2, 0) is 11.3 Å². The van der Waals surface area contributed by atoms with E-state index in [-0.39, 0.29) is 5.02 Å². The van der Waals surface area contributed by atoms with Crippen molar-refractivity contribution in [3.05, 3.63) is 34.6 Å². The molecule has 1 rings (SSSR count). The van der Waals surface area contributed by atoms with E-state index in [4.69, 9.17) is 16.3 Å². The minimum Gasteiger partial charge on any atom is -0.377 e. The van der Waals surface area contributed by atoms with Crippen LogP contribution < -0.4 is 5.32 Å². The average Bonchev–Trinajstić information content (AvgIpc) is 2.28. The summed E-state index contributed by atoms with van der Waals surface area (Å²) in [6.45, 7) is 6.14. The van der Waals surface area contributed by atoms with Crippen LogP contribution in [0.5, 0.6) is 0 Å². The van der Waals surface area contributed by atoms with Gasteiger partial charge in [-0.25, -0.2) is 4.39 Å². The molecule has 4 heteroatoms. The van der Waals surface area contributed by atoms with Crippen molar-refractivity contribution in [1.82, 2.24) is 5.32 Å². The van der Waals surface area contributed by atoms with Crippen molar-refractivity contribution < 1.29 is 9.13 Å². The molecule has 0 radical (unpaired) electrons. The van der Waals surface area contributed by atoms with Crippen LogP contribution >= 0.6 is 11.6 Å². The monoisotopic (exact) mass is 259 g/mol. The minimum atomic E-state index is -0.394. The zero-order valence-electron chi connectivity index (χ0n) is 10.3. The Bertz CT molecular complexity index is 344. The lowest BCUT2D eigenvalue weighted by Gasteiger charge is -2.09. The summed E-state index contributed by atoms with van der Waals surface area (Å²) in [6, 6.07) is 5.25. The summed E-state index contributed by atoms with van der Waals surface area (Å²) in [6.07, 6.45) is 0.936. The third kappa shape index (κ3) is 5.48. The fourth-order valence-corrected chi connectivity index (χ4v) is 1.59. The number of benzene rings is 1. The zero-order valence-corrected chi connectivity index (χ0v) is 11.1. The Hall–Kier alpha value is -0.640. The van der Waals surface area contributed by atoms with Crippen LogP contribution in [0.1, 0.15) is 25.8 Å². The minimum absolute atomic E-state index is 0.160. The summed E-state index contributed by atoms with van der Waals surface area (Å²) in [5, 5.41) is 3.46. The van der Waals surface area contributed by atoms with Gasteiger partial charge in [0, 0.05) is 12.6 Å². The van der Waals surface area contributed by atoms with Crippen LogP contribution in [0.15, 0.2) is 18.2 Å². The Kier molecular flexibility index (Phi) is 6.48. The number of hydrogen-bond acceptors (Lipinski definition) is 2.